The summed E-state index contributed by atoms with van der Waals surface area (Å²) in [5.41, 5.74) is 2.99. The van der Waals surface area contributed by atoms with Crippen molar-refractivity contribution in [1.82, 2.24) is 0 Å². The van der Waals surface area contributed by atoms with Crippen LogP contribution in [0.15, 0.2) is 24.3 Å². The number of fused-ring (bicyclic) bond motifs is 3. The summed E-state index contributed by atoms with van der Waals surface area (Å²) in [6.45, 7) is 4.42. The van der Waals surface area contributed by atoms with Crippen LogP contribution < -0.4 is 9.47 Å². The summed E-state index contributed by atoms with van der Waals surface area (Å²) in [4.78, 5) is 0. The second kappa shape index (κ2) is 5.34. The summed E-state index contributed by atoms with van der Waals surface area (Å²) < 4.78 is 12.0. The molecular weight excluding hydrogens is 320 g/mol. The van der Waals surface area contributed by atoms with Gasteiger partial charge < -0.3 is 24.8 Å². The van der Waals surface area contributed by atoms with Crippen LogP contribution in [0.2, 0.25) is 0 Å². The third kappa shape index (κ3) is 2.56. The molecule has 3 N–H and O–H groups in total. The third-order valence-electron chi connectivity index (χ3n) is 4.79. The van der Waals surface area contributed by atoms with Gasteiger partial charge in [-0.05, 0) is 57.0 Å². The van der Waals surface area contributed by atoms with Gasteiger partial charge in [0.25, 0.3) is 0 Å². The van der Waals surface area contributed by atoms with Crippen LogP contribution in [-0.4, -0.2) is 27.5 Å². The molecule has 2 aliphatic heterocycles. The van der Waals surface area contributed by atoms with Crippen molar-refractivity contribution >= 4 is 11.6 Å². The molecule has 0 radical (unpaired) electrons. The summed E-state index contributed by atoms with van der Waals surface area (Å²) in [5, 5.41) is 29.3. The van der Waals surface area contributed by atoms with Crippen LogP contribution in [-0.2, 0) is 6.42 Å². The van der Waals surface area contributed by atoms with Gasteiger partial charge in [0, 0.05) is 22.3 Å². The quantitative estimate of drug-likeness (QED) is 0.688. The van der Waals surface area contributed by atoms with Crippen LogP contribution in [0.4, 0.5) is 0 Å². The van der Waals surface area contributed by atoms with Gasteiger partial charge in [0.05, 0.1) is 0 Å². The first-order valence-electron chi connectivity index (χ1n) is 8.28. The normalized spacial score (nSPS) is 17.6. The number of rotatable bonds is 1. The second-order valence-electron chi connectivity index (χ2n) is 7.11. The van der Waals surface area contributed by atoms with E-state index < -0.39 is 5.75 Å². The van der Waals surface area contributed by atoms with E-state index in [1.165, 1.54) is 6.07 Å². The molecule has 5 nitrogen and oxygen atoms in total. The summed E-state index contributed by atoms with van der Waals surface area (Å²) in [7, 11) is 0. The molecule has 4 rings (SSSR count). The van der Waals surface area contributed by atoms with Crippen molar-refractivity contribution in [3.8, 4) is 28.7 Å². The highest BCUT2D eigenvalue weighted by molar-refractivity contribution is 5.89. The summed E-state index contributed by atoms with van der Waals surface area (Å²) >= 11 is 0. The smallest absolute Gasteiger partial charge is 0.200 e. The van der Waals surface area contributed by atoms with Crippen molar-refractivity contribution < 1.29 is 24.8 Å². The maximum absolute atomic E-state index is 10.1. The maximum atomic E-state index is 10.1. The molecule has 0 bridgehead atoms. The SMILES string of the molecule is CC1(C)CCc2c(ccc3c2OCC(c2ccc(O)c(O)c2O)=C3)O1. The molecule has 0 aliphatic carbocycles. The van der Waals surface area contributed by atoms with Gasteiger partial charge in [-0.3, -0.25) is 0 Å². The van der Waals surface area contributed by atoms with Crippen LogP contribution in [0.25, 0.3) is 11.6 Å². The molecule has 0 spiro atoms. The first kappa shape index (κ1) is 15.7. The van der Waals surface area contributed by atoms with Gasteiger partial charge in [-0.15, -0.1) is 0 Å². The van der Waals surface area contributed by atoms with Gasteiger partial charge in [-0.1, -0.05) is 0 Å². The lowest BCUT2D eigenvalue weighted by Crippen LogP contribution is -2.33. The molecular formula is C20H20O5. The van der Waals surface area contributed by atoms with Gasteiger partial charge >= 0.3 is 0 Å². The molecule has 5 heteroatoms. The minimum atomic E-state index is -0.523. The minimum absolute atomic E-state index is 0.174. The monoisotopic (exact) mass is 340 g/mol. The topological polar surface area (TPSA) is 79.2 Å². The zero-order valence-electron chi connectivity index (χ0n) is 14.2. The molecule has 2 aliphatic rings. The molecule has 0 atom stereocenters. The lowest BCUT2D eigenvalue weighted by molar-refractivity contribution is 0.0834. The Morgan fingerprint density at radius 2 is 1.80 bits per heavy atom. The number of aromatic hydroxyl groups is 3. The second-order valence-corrected chi connectivity index (χ2v) is 7.11. The van der Waals surface area contributed by atoms with Crippen LogP contribution >= 0.6 is 0 Å². The maximum Gasteiger partial charge on any atom is 0.200 e. The number of benzene rings is 2. The van der Waals surface area contributed by atoms with E-state index in [2.05, 4.69) is 13.8 Å². The first-order chi connectivity index (χ1) is 11.9. The van der Waals surface area contributed by atoms with E-state index in [9.17, 15) is 15.3 Å². The molecule has 0 fully saturated rings. The predicted molar refractivity (Wildman–Crippen MR) is 94.3 cm³/mol. The molecule has 25 heavy (non-hydrogen) atoms. The van der Waals surface area contributed by atoms with E-state index in [1.807, 2.05) is 18.2 Å². The summed E-state index contributed by atoms with van der Waals surface area (Å²) in [6.07, 6.45) is 3.74. The van der Waals surface area contributed by atoms with Crippen molar-refractivity contribution in [2.24, 2.45) is 0 Å². The van der Waals surface area contributed by atoms with Crippen LogP contribution in [0.1, 0.15) is 37.0 Å². The molecule has 2 aromatic rings. The van der Waals surface area contributed by atoms with Crippen molar-refractivity contribution in [2.45, 2.75) is 32.3 Å². The van der Waals surface area contributed by atoms with E-state index in [0.29, 0.717) is 5.56 Å². The van der Waals surface area contributed by atoms with Gasteiger partial charge in [-0.2, -0.15) is 0 Å². The number of hydrogen-bond acceptors (Lipinski definition) is 5. The Kier molecular flexibility index (Phi) is 3.35. The Morgan fingerprint density at radius 3 is 2.60 bits per heavy atom. The standard InChI is InChI=1S/C20H20O5/c1-20(2)8-7-14-16(25-20)6-3-11-9-12(10-24-19(11)14)13-4-5-15(21)18(23)17(13)22/h3-6,9,21-23H,7-8,10H2,1-2H3. The molecule has 0 aromatic heterocycles. The molecule has 0 amide bonds. The molecule has 0 unspecified atom stereocenters. The van der Waals surface area contributed by atoms with Crippen LogP contribution in [0.5, 0.6) is 28.7 Å². The highest BCUT2D eigenvalue weighted by Crippen LogP contribution is 2.45. The van der Waals surface area contributed by atoms with Crippen LogP contribution in [0.3, 0.4) is 0 Å². The molecule has 0 saturated carbocycles. The highest BCUT2D eigenvalue weighted by atomic mass is 16.5. The number of phenols is 3. The zero-order valence-corrected chi connectivity index (χ0v) is 14.2. The summed E-state index contributed by atoms with van der Waals surface area (Å²) in [5.74, 6) is 0.454. The minimum Gasteiger partial charge on any atom is -0.504 e. The fourth-order valence-electron chi connectivity index (χ4n) is 3.38. The van der Waals surface area contributed by atoms with E-state index in [4.69, 9.17) is 9.47 Å². The van der Waals surface area contributed by atoms with Gasteiger partial charge in [-0.25, -0.2) is 0 Å². The fraction of sp³-hybridized carbons (Fsp3) is 0.300. The van der Waals surface area contributed by atoms with Crippen molar-refractivity contribution in [1.29, 1.82) is 0 Å². The van der Waals surface area contributed by atoms with E-state index >= 15 is 0 Å². The Morgan fingerprint density at radius 1 is 1.00 bits per heavy atom. The van der Waals surface area contributed by atoms with Gasteiger partial charge in [0.15, 0.2) is 11.5 Å². The highest BCUT2D eigenvalue weighted by Gasteiger charge is 2.30. The van der Waals surface area contributed by atoms with E-state index in [1.54, 1.807) is 6.07 Å². The molecule has 2 heterocycles. The third-order valence-corrected chi connectivity index (χ3v) is 4.79. The largest absolute Gasteiger partial charge is 0.504 e. The Labute approximate surface area is 145 Å². The number of hydrogen-bond donors (Lipinski definition) is 3. The molecule has 0 saturated heterocycles. The van der Waals surface area contributed by atoms with Crippen molar-refractivity contribution in [2.75, 3.05) is 6.61 Å². The Bertz CT molecular complexity index is 895. The van der Waals surface area contributed by atoms with E-state index in [0.717, 1.165) is 41.0 Å². The molecule has 130 valence electrons. The lowest BCUT2D eigenvalue weighted by Gasteiger charge is -2.34. The molecule has 2 aromatic carbocycles. The van der Waals surface area contributed by atoms with Crippen LogP contribution in [0, 0.1) is 0 Å². The predicted octanol–water partition coefficient (Wildman–Crippen LogP) is 3.84. The Balaban J connectivity index is 1.76. The fourth-order valence-corrected chi connectivity index (χ4v) is 3.38. The zero-order chi connectivity index (χ0) is 17.8. The summed E-state index contributed by atoms with van der Waals surface area (Å²) in [6, 6.07) is 6.80. The van der Waals surface area contributed by atoms with Crippen molar-refractivity contribution in [3.63, 3.8) is 0 Å². The van der Waals surface area contributed by atoms with Gasteiger partial charge in [0.2, 0.25) is 5.75 Å². The average molecular weight is 340 g/mol. The first-order valence-corrected chi connectivity index (χ1v) is 8.28. The lowest BCUT2D eigenvalue weighted by atomic mass is 9.91. The van der Waals surface area contributed by atoms with Gasteiger partial charge in [0.1, 0.15) is 23.7 Å². The number of ether oxygens (including phenoxy) is 2. The van der Waals surface area contributed by atoms with Crippen molar-refractivity contribution in [3.05, 3.63) is 41.0 Å². The Hall–Kier alpha value is -2.82. The number of phenolic OH excluding ortho intramolecular Hbond substituents is 3. The average Bonchev–Trinajstić information content (AvgIpc) is 2.58. The van der Waals surface area contributed by atoms with E-state index in [-0.39, 0.29) is 23.7 Å².